The summed E-state index contributed by atoms with van der Waals surface area (Å²) in [4.78, 5) is 24.3. The van der Waals surface area contributed by atoms with Crippen LogP contribution < -0.4 is 5.32 Å². The summed E-state index contributed by atoms with van der Waals surface area (Å²) in [7, 11) is 0. The molecule has 0 spiro atoms. The second-order valence-corrected chi connectivity index (χ2v) is 6.79. The molecule has 6 heteroatoms. The van der Waals surface area contributed by atoms with Gasteiger partial charge >= 0.3 is 0 Å². The van der Waals surface area contributed by atoms with Crippen LogP contribution in [-0.2, 0) is 4.79 Å². The SMILES string of the molecule is O=C(CCC(=O)c1cccs1)Nc1ccc(Br)cc1Br. The van der Waals surface area contributed by atoms with Crippen molar-refractivity contribution < 1.29 is 9.59 Å². The van der Waals surface area contributed by atoms with Crippen molar-refractivity contribution in [2.75, 3.05) is 5.32 Å². The molecular weight excluding hydrogens is 406 g/mol. The first-order valence-electron chi connectivity index (χ1n) is 5.88. The Morgan fingerprint density at radius 1 is 1.15 bits per heavy atom. The molecule has 0 aliphatic carbocycles. The van der Waals surface area contributed by atoms with E-state index in [4.69, 9.17) is 0 Å². The van der Waals surface area contributed by atoms with Gasteiger partial charge in [-0.05, 0) is 45.6 Å². The molecule has 0 saturated heterocycles. The highest BCUT2D eigenvalue weighted by molar-refractivity contribution is 9.11. The summed E-state index contributed by atoms with van der Waals surface area (Å²) >= 11 is 8.12. The number of hydrogen-bond acceptors (Lipinski definition) is 3. The van der Waals surface area contributed by atoms with Crippen molar-refractivity contribution in [1.82, 2.24) is 0 Å². The van der Waals surface area contributed by atoms with E-state index in [9.17, 15) is 9.59 Å². The summed E-state index contributed by atoms with van der Waals surface area (Å²) in [6.45, 7) is 0. The van der Waals surface area contributed by atoms with Gasteiger partial charge in [0.1, 0.15) is 0 Å². The zero-order valence-electron chi connectivity index (χ0n) is 10.4. The third kappa shape index (κ3) is 4.26. The first kappa shape index (κ1) is 15.4. The Kier molecular flexibility index (Phi) is 5.51. The van der Waals surface area contributed by atoms with Gasteiger partial charge in [-0.15, -0.1) is 11.3 Å². The van der Waals surface area contributed by atoms with E-state index < -0.39 is 0 Å². The normalized spacial score (nSPS) is 10.3. The van der Waals surface area contributed by atoms with E-state index >= 15 is 0 Å². The van der Waals surface area contributed by atoms with Crippen LogP contribution in [0.1, 0.15) is 22.5 Å². The number of thiophene rings is 1. The molecule has 1 amide bonds. The van der Waals surface area contributed by atoms with Crippen molar-refractivity contribution in [1.29, 1.82) is 0 Å². The average Bonchev–Trinajstić information content (AvgIpc) is 2.93. The second-order valence-electron chi connectivity index (χ2n) is 4.07. The minimum Gasteiger partial charge on any atom is -0.325 e. The number of carbonyl (C=O) groups is 2. The fourth-order valence-electron chi connectivity index (χ4n) is 1.59. The molecule has 0 unspecified atom stereocenters. The zero-order valence-corrected chi connectivity index (χ0v) is 14.3. The Hall–Kier alpha value is -0.980. The van der Waals surface area contributed by atoms with Crippen LogP contribution in [0.3, 0.4) is 0 Å². The lowest BCUT2D eigenvalue weighted by Crippen LogP contribution is -2.13. The minimum atomic E-state index is -0.169. The molecule has 1 aromatic heterocycles. The lowest BCUT2D eigenvalue weighted by Gasteiger charge is -2.07. The van der Waals surface area contributed by atoms with Crippen molar-refractivity contribution in [2.45, 2.75) is 12.8 Å². The predicted molar refractivity (Wildman–Crippen MR) is 88.4 cm³/mol. The van der Waals surface area contributed by atoms with E-state index in [1.54, 1.807) is 12.1 Å². The van der Waals surface area contributed by atoms with E-state index in [0.717, 1.165) is 8.95 Å². The molecule has 1 N–H and O–H groups in total. The second kappa shape index (κ2) is 7.15. The molecule has 0 fully saturated rings. The molecule has 2 aromatic rings. The zero-order chi connectivity index (χ0) is 14.5. The van der Waals surface area contributed by atoms with E-state index in [0.29, 0.717) is 10.6 Å². The van der Waals surface area contributed by atoms with Crippen LogP contribution in [0.4, 0.5) is 5.69 Å². The van der Waals surface area contributed by atoms with Crippen molar-refractivity contribution in [3.8, 4) is 0 Å². The van der Waals surface area contributed by atoms with E-state index in [-0.39, 0.29) is 24.5 Å². The molecule has 1 heterocycles. The van der Waals surface area contributed by atoms with Crippen molar-refractivity contribution in [3.63, 3.8) is 0 Å². The largest absolute Gasteiger partial charge is 0.325 e. The van der Waals surface area contributed by atoms with E-state index in [1.807, 2.05) is 23.6 Å². The number of hydrogen-bond donors (Lipinski definition) is 1. The van der Waals surface area contributed by atoms with Crippen LogP contribution in [-0.4, -0.2) is 11.7 Å². The fourth-order valence-corrected chi connectivity index (χ4v) is 3.43. The fraction of sp³-hybridized carbons (Fsp3) is 0.143. The standard InChI is InChI=1S/C14H11Br2NO2S/c15-9-3-4-11(10(16)8-9)17-14(19)6-5-12(18)13-2-1-7-20-13/h1-4,7-8H,5-6H2,(H,17,19). The Morgan fingerprint density at radius 2 is 1.95 bits per heavy atom. The number of ketones is 1. The van der Waals surface area contributed by atoms with Crippen LogP contribution in [0.2, 0.25) is 0 Å². The van der Waals surface area contributed by atoms with Crippen molar-refractivity contribution in [2.24, 2.45) is 0 Å². The van der Waals surface area contributed by atoms with Gasteiger partial charge in [-0.1, -0.05) is 22.0 Å². The quantitative estimate of drug-likeness (QED) is 0.706. The smallest absolute Gasteiger partial charge is 0.224 e. The number of amides is 1. The van der Waals surface area contributed by atoms with Gasteiger partial charge in [0, 0.05) is 21.8 Å². The van der Waals surface area contributed by atoms with Gasteiger partial charge in [0.05, 0.1) is 10.6 Å². The monoisotopic (exact) mass is 415 g/mol. The summed E-state index contributed by atoms with van der Waals surface area (Å²) in [6, 6.07) is 9.10. The number of Topliss-reactive ketones (excluding diaryl/α,β-unsaturated/α-hetero) is 1. The van der Waals surface area contributed by atoms with E-state index in [2.05, 4.69) is 37.2 Å². The van der Waals surface area contributed by atoms with Gasteiger partial charge in [-0.2, -0.15) is 0 Å². The molecule has 1 aromatic carbocycles. The Morgan fingerprint density at radius 3 is 2.60 bits per heavy atom. The Bertz CT molecular complexity index is 626. The molecule has 0 saturated carbocycles. The van der Waals surface area contributed by atoms with Gasteiger partial charge in [0.2, 0.25) is 5.91 Å². The Labute approximate surface area is 137 Å². The van der Waals surface area contributed by atoms with Gasteiger partial charge in [0.25, 0.3) is 0 Å². The summed E-state index contributed by atoms with van der Waals surface area (Å²) in [5, 5.41) is 4.64. The molecule has 0 bridgehead atoms. The number of rotatable bonds is 5. The summed E-state index contributed by atoms with van der Waals surface area (Å²) in [6.07, 6.45) is 0.403. The molecule has 0 aliphatic rings. The Balaban J connectivity index is 1.88. The topological polar surface area (TPSA) is 46.2 Å². The number of benzene rings is 1. The minimum absolute atomic E-state index is 0.00465. The van der Waals surface area contributed by atoms with Crippen LogP contribution >= 0.6 is 43.2 Å². The maximum Gasteiger partial charge on any atom is 0.224 e. The first-order chi connectivity index (χ1) is 9.56. The van der Waals surface area contributed by atoms with Gasteiger partial charge in [-0.3, -0.25) is 9.59 Å². The molecule has 2 rings (SSSR count). The molecule has 0 radical (unpaired) electrons. The van der Waals surface area contributed by atoms with Crippen LogP contribution in [0.25, 0.3) is 0 Å². The molecule has 104 valence electrons. The lowest BCUT2D eigenvalue weighted by atomic mass is 10.2. The third-order valence-electron chi connectivity index (χ3n) is 2.58. The number of anilines is 1. The molecule has 20 heavy (non-hydrogen) atoms. The summed E-state index contributed by atoms with van der Waals surface area (Å²) in [5.74, 6) is -0.164. The maximum absolute atomic E-state index is 11.8. The van der Waals surface area contributed by atoms with Crippen LogP contribution in [0.5, 0.6) is 0 Å². The number of carbonyl (C=O) groups excluding carboxylic acids is 2. The molecular formula is C14H11Br2NO2S. The highest BCUT2D eigenvalue weighted by atomic mass is 79.9. The molecule has 0 aliphatic heterocycles. The van der Waals surface area contributed by atoms with E-state index in [1.165, 1.54) is 11.3 Å². The lowest BCUT2D eigenvalue weighted by molar-refractivity contribution is -0.116. The highest BCUT2D eigenvalue weighted by Crippen LogP contribution is 2.26. The van der Waals surface area contributed by atoms with Crippen molar-refractivity contribution >= 4 is 60.6 Å². The average molecular weight is 417 g/mol. The van der Waals surface area contributed by atoms with Crippen LogP contribution in [0, 0.1) is 0 Å². The number of halogens is 2. The summed E-state index contributed by atoms with van der Waals surface area (Å²) < 4.78 is 1.72. The summed E-state index contributed by atoms with van der Waals surface area (Å²) in [5.41, 5.74) is 0.696. The maximum atomic E-state index is 11.8. The molecule has 3 nitrogen and oxygen atoms in total. The highest BCUT2D eigenvalue weighted by Gasteiger charge is 2.11. The van der Waals surface area contributed by atoms with Crippen molar-refractivity contribution in [3.05, 3.63) is 49.5 Å². The number of nitrogens with one attached hydrogen (secondary N) is 1. The van der Waals surface area contributed by atoms with Gasteiger partial charge < -0.3 is 5.32 Å². The van der Waals surface area contributed by atoms with Gasteiger partial charge in [0.15, 0.2) is 5.78 Å². The van der Waals surface area contributed by atoms with Crippen LogP contribution in [0.15, 0.2) is 44.7 Å². The third-order valence-corrected chi connectivity index (χ3v) is 4.64. The first-order valence-corrected chi connectivity index (χ1v) is 8.34. The van der Waals surface area contributed by atoms with Gasteiger partial charge in [-0.25, -0.2) is 0 Å². The molecule has 0 atom stereocenters. The predicted octanol–water partition coefficient (Wildman–Crippen LogP) is 4.87.